The standard InChI is InChI=1S/C23H31N3O3/c1-16(2)18-7-5-8-19(17(3)4)22(18)24-15-21(27)25-10-12-26(13-11-25)23(28)20-9-6-14-29-20/h5-9,14,16-17,24H,10-13,15H2,1-4H3. The van der Waals surface area contributed by atoms with Crippen LogP contribution >= 0.6 is 0 Å². The van der Waals surface area contributed by atoms with Gasteiger partial charge in [0.1, 0.15) is 0 Å². The Labute approximate surface area is 172 Å². The van der Waals surface area contributed by atoms with Gasteiger partial charge in [0.2, 0.25) is 5.91 Å². The van der Waals surface area contributed by atoms with Crippen LogP contribution in [0, 0.1) is 0 Å². The minimum atomic E-state index is -0.118. The zero-order chi connectivity index (χ0) is 21.0. The maximum absolute atomic E-state index is 12.8. The van der Waals surface area contributed by atoms with Crippen LogP contribution in [0.4, 0.5) is 5.69 Å². The van der Waals surface area contributed by atoms with E-state index in [0.717, 1.165) is 5.69 Å². The van der Waals surface area contributed by atoms with Gasteiger partial charge < -0.3 is 19.5 Å². The molecule has 2 heterocycles. The summed E-state index contributed by atoms with van der Waals surface area (Å²) in [6.07, 6.45) is 1.50. The lowest BCUT2D eigenvalue weighted by Crippen LogP contribution is -2.51. The number of carbonyl (C=O) groups is 2. The number of nitrogens with zero attached hydrogens (tertiary/aromatic N) is 2. The molecule has 0 saturated carbocycles. The molecule has 0 unspecified atom stereocenters. The molecule has 1 aromatic carbocycles. The number of nitrogens with one attached hydrogen (secondary N) is 1. The van der Waals surface area contributed by atoms with Gasteiger partial charge >= 0.3 is 0 Å². The van der Waals surface area contributed by atoms with Crippen molar-refractivity contribution in [1.29, 1.82) is 0 Å². The monoisotopic (exact) mass is 397 g/mol. The lowest BCUT2D eigenvalue weighted by Gasteiger charge is -2.34. The summed E-state index contributed by atoms with van der Waals surface area (Å²) >= 11 is 0. The number of amides is 2. The zero-order valence-electron chi connectivity index (χ0n) is 17.8. The van der Waals surface area contributed by atoms with Gasteiger partial charge in [-0.2, -0.15) is 0 Å². The van der Waals surface area contributed by atoms with E-state index in [1.807, 2.05) is 4.90 Å². The van der Waals surface area contributed by atoms with E-state index in [-0.39, 0.29) is 18.4 Å². The Kier molecular flexibility index (Phi) is 6.62. The Morgan fingerprint density at radius 3 is 2.03 bits per heavy atom. The summed E-state index contributed by atoms with van der Waals surface area (Å²) < 4.78 is 5.19. The van der Waals surface area contributed by atoms with Gasteiger partial charge in [-0.15, -0.1) is 0 Å². The van der Waals surface area contributed by atoms with Gasteiger partial charge in [-0.05, 0) is 35.1 Å². The highest BCUT2D eigenvalue weighted by Crippen LogP contribution is 2.32. The maximum atomic E-state index is 12.8. The first-order valence-electron chi connectivity index (χ1n) is 10.4. The predicted molar refractivity (Wildman–Crippen MR) is 114 cm³/mol. The summed E-state index contributed by atoms with van der Waals surface area (Å²) in [6.45, 7) is 11.0. The summed E-state index contributed by atoms with van der Waals surface area (Å²) in [4.78, 5) is 28.7. The van der Waals surface area contributed by atoms with Crippen molar-refractivity contribution in [3.63, 3.8) is 0 Å². The molecule has 1 saturated heterocycles. The molecule has 2 amide bonds. The molecule has 29 heavy (non-hydrogen) atoms. The molecule has 1 fully saturated rings. The Morgan fingerprint density at radius 1 is 0.931 bits per heavy atom. The second-order valence-corrected chi connectivity index (χ2v) is 8.12. The van der Waals surface area contributed by atoms with Crippen LogP contribution < -0.4 is 5.32 Å². The van der Waals surface area contributed by atoms with Gasteiger partial charge in [-0.1, -0.05) is 45.9 Å². The van der Waals surface area contributed by atoms with Gasteiger partial charge in [0.05, 0.1) is 12.8 Å². The van der Waals surface area contributed by atoms with Gasteiger partial charge in [0.15, 0.2) is 5.76 Å². The third-order valence-corrected chi connectivity index (χ3v) is 5.44. The van der Waals surface area contributed by atoms with Gasteiger partial charge in [0.25, 0.3) is 5.91 Å². The van der Waals surface area contributed by atoms with Crippen LogP contribution in [0.25, 0.3) is 0 Å². The van der Waals surface area contributed by atoms with E-state index < -0.39 is 0 Å². The highest BCUT2D eigenvalue weighted by Gasteiger charge is 2.26. The second kappa shape index (κ2) is 9.16. The molecule has 0 atom stereocenters. The van der Waals surface area contributed by atoms with Crippen LogP contribution in [0.2, 0.25) is 0 Å². The molecule has 0 bridgehead atoms. The van der Waals surface area contributed by atoms with Crippen molar-refractivity contribution in [3.05, 3.63) is 53.5 Å². The van der Waals surface area contributed by atoms with Crippen LogP contribution in [0.1, 0.15) is 61.2 Å². The van der Waals surface area contributed by atoms with Gasteiger partial charge in [-0.25, -0.2) is 0 Å². The number of benzene rings is 1. The van der Waals surface area contributed by atoms with Crippen LogP contribution in [0.3, 0.4) is 0 Å². The van der Waals surface area contributed by atoms with Gasteiger partial charge in [0, 0.05) is 31.9 Å². The fourth-order valence-corrected chi connectivity index (χ4v) is 3.75. The minimum absolute atomic E-state index is 0.0587. The maximum Gasteiger partial charge on any atom is 0.289 e. The number of para-hydroxylation sites is 1. The van der Waals surface area contributed by atoms with E-state index in [4.69, 9.17) is 4.42 Å². The first-order chi connectivity index (χ1) is 13.9. The highest BCUT2D eigenvalue weighted by atomic mass is 16.3. The Hall–Kier alpha value is -2.76. The summed E-state index contributed by atoms with van der Waals surface area (Å²) in [5, 5.41) is 3.41. The second-order valence-electron chi connectivity index (χ2n) is 8.12. The number of anilines is 1. The van der Waals surface area contributed by atoms with Crippen molar-refractivity contribution >= 4 is 17.5 Å². The fraction of sp³-hybridized carbons (Fsp3) is 0.478. The molecule has 6 nitrogen and oxygen atoms in total. The molecule has 1 N–H and O–H groups in total. The van der Waals surface area contributed by atoms with E-state index in [1.54, 1.807) is 17.0 Å². The van der Waals surface area contributed by atoms with Crippen LogP contribution in [0.5, 0.6) is 0 Å². The normalized spacial score (nSPS) is 14.6. The topological polar surface area (TPSA) is 65.8 Å². The molecule has 1 aliphatic heterocycles. The Morgan fingerprint density at radius 2 is 1.52 bits per heavy atom. The summed E-state index contributed by atoms with van der Waals surface area (Å²) in [7, 11) is 0. The van der Waals surface area contributed by atoms with Crippen molar-refractivity contribution in [3.8, 4) is 0 Å². The molecule has 3 rings (SSSR count). The number of carbonyl (C=O) groups excluding carboxylic acids is 2. The highest BCUT2D eigenvalue weighted by molar-refractivity contribution is 5.91. The lowest BCUT2D eigenvalue weighted by atomic mass is 9.92. The molecule has 1 aliphatic rings. The Balaban J connectivity index is 1.59. The molecule has 2 aromatic rings. The fourth-order valence-electron chi connectivity index (χ4n) is 3.75. The smallest absolute Gasteiger partial charge is 0.289 e. The van der Waals surface area contributed by atoms with Crippen LogP contribution in [0.15, 0.2) is 41.0 Å². The Bertz CT molecular complexity index is 809. The van der Waals surface area contributed by atoms with E-state index >= 15 is 0 Å². The van der Waals surface area contributed by atoms with Crippen LogP contribution in [-0.2, 0) is 4.79 Å². The van der Waals surface area contributed by atoms with E-state index in [0.29, 0.717) is 43.8 Å². The number of furan rings is 1. The summed E-state index contributed by atoms with van der Waals surface area (Å²) in [6, 6.07) is 9.72. The third kappa shape index (κ3) is 4.81. The quantitative estimate of drug-likeness (QED) is 0.802. The number of piperazine rings is 1. The largest absolute Gasteiger partial charge is 0.459 e. The van der Waals surface area contributed by atoms with Crippen molar-refractivity contribution in [2.24, 2.45) is 0 Å². The zero-order valence-corrected chi connectivity index (χ0v) is 17.8. The van der Waals surface area contributed by atoms with Crippen molar-refractivity contribution < 1.29 is 14.0 Å². The molecule has 0 aliphatic carbocycles. The first kappa shape index (κ1) is 21.0. The summed E-state index contributed by atoms with van der Waals surface area (Å²) in [5.74, 6) is 1.04. The van der Waals surface area contributed by atoms with Crippen molar-refractivity contribution in [1.82, 2.24) is 9.80 Å². The number of hydrogen-bond acceptors (Lipinski definition) is 4. The van der Waals surface area contributed by atoms with Crippen molar-refractivity contribution in [2.45, 2.75) is 39.5 Å². The molecule has 0 spiro atoms. The third-order valence-electron chi connectivity index (χ3n) is 5.44. The number of rotatable bonds is 6. The molecule has 156 valence electrons. The minimum Gasteiger partial charge on any atom is -0.459 e. The average Bonchev–Trinajstić information content (AvgIpc) is 3.26. The van der Waals surface area contributed by atoms with E-state index in [2.05, 4.69) is 51.2 Å². The SMILES string of the molecule is CC(C)c1cccc(C(C)C)c1NCC(=O)N1CCN(C(=O)c2ccco2)CC1. The van der Waals surface area contributed by atoms with E-state index in [1.165, 1.54) is 17.4 Å². The lowest BCUT2D eigenvalue weighted by molar-refractivity contribution is -0.130. The van der Waals surface area contributed by atoms with Crippen LogP contribution in [-0.4, -0.2) is 54.3 Å². The summed E-state index contributed by atoms with van der Waals surface area (Å²) in [5.41, 5.74) is 3.55. The van der Waals surface area contributed by atoms with Crippen molar-refractivity contribution in [2.75, 3.05) is 38.0 Å². The molecule has 6 heteroatoms. The average molecular weight is 398 g/mol. The molecular weight excluding hydrogens is 366 g/mol. The molecule has 1 aromatic heterocycles. The van der Waals surface area contributed by atoms with E-state index in [9.17, 15) is 9.59 Å². The first-order valence-corrected chi connectivity index (χ1v) is 10.4. The predicted octanol–water partition coefficient (Wildman–Crippen LogP) is 3.92. The molecular formula is C23H31N3O3. The van der Waals surface area contributed by atoms with Gasteiger partial charge in [-0.3, -0.25) is 9.59 Å². The molecule has 0 radical (unpaired) electrons. The number of hydrogen-bond donors (Lipinski definition) is 1.